The van der Waals surface area contributed by atoms with Gasteiger partial charge in [-0.3, -0.25) is 0 Å². The lowest BCUT2D eigenvalue weighted by Crippen LogP contribution is -2.09. The van der Waals surface area contributed by atoms with Crippen LogP contribution in [0.4, 0.5) is 5.69 Å². The molecule has 1 rings (SSSR count). The van der Waals surface area contributed by atoms with Crippen LogP contribution in [-0.2, 0) is 4.74 Å². The number of hydrogen-bond donors (Lipinski definition) is 1. The lowest BCUT2D eigenvalue weighted by atomic mass is 10.1. The Kier molecular flexibility index (Phi) is 5.54. The van der Waals surface area contributed by atoms with Crippen molar-refractivity contribution < 1.29 is 9.53 Å². The van der Waals surface area contributed by atoms with Crippen molar-refractivity contribution in [1.82, 2.24) is 0 Å². The molecule has 0 spiro atoms. The lowest BCUT2D eigenvalue weighted by Gasteiger charge is -2.15. The molecule has 0 heterocycles. The Balaban J connectivity index is 2.90. The fourth-order valence-electron chi connectivity index (χ4n) is 1.35. The predicted octanol–water partition coefficient (Wildman–Crippen LogP) is 3.58. The largest absolute Gasteiger partial charge is 0.462 e. The van der Waals surface area contributed by atoms with Crippen molar-refractivity contribution in [2.45, 2.75) is 37.8 Å². The first kappa shape index (κ1) is 14.9. The van der Waals surface area contributed by atoms with Crippen LogP contribution in [0.5, 0.6) is 0 Å². The van der Waals surface area contributed by atoms with E-state index >= 15 is 0 Å². The number of ether oxygens (including phenoxy) is 1. The van der Waals surface area contributed by atoms with Gasteiger partial charge in [0, 0.05) is 15.8 Å². The second-order valence-electron chi connectivity index (χ2n) is 4.54. The van der Waals surface area contributed by atoms with Crippen molar-refractivity contribution in [1.29, 1.82) is 0 Å². The summed E-state index contributed by atoms with van der Waals surface area (Å²) in [6.45, 7) is 8.68. The van der Waals surface area contributed by atoms with Gasteiger partial charge in [0.05, 0.1) is 12.2 Å². The lowest BCUT2D eigenvalue weighted by molar-refractivity contribution is 0.0527. The monoisotopic (exact) mass is 267 g/mol. The minimum absolute atomic E-state index is 0.352. The molecule has 0 aliphatic carbocycles. The van der Waals surface area contributed by atoms with E-state index in [-0.39, 0.29) is 5.97 Å². The van der Waals surface area contributed by atoms with Gasteiger partial charge in [-0.2, -0.15) is 0 Å². The minimum Gasteiger partial charge on any atom is -0.462 e. The van der Waals surface area contributed by atoms with Gasteiger partial charge in [0.15, 0.2) is 0 Å². The number of thioether (sulfide) groups is 1. The fourth-order valence-corrected chi connectivity index (χ4v) is 2.38. The van der Waals surface area contributed by atoms with Crippen molar-refractivity contribution in [3.05, 3.63) is 23.8 Å². The van der Waals surface area contributed by atoms with Crippen LogP contribution in [0.1, 0.15) is 38.1 Å². The smallest absolute Gasteiger partial charge is 0.340 e. The van der Waals surface area contributed by atoms with Crippen molar-refractivity contribution >= 4 is 23.4 Å². The molecule has 0 aliphatic rings. The molecule has 1 aromatic rings. The van der Waals surface area contributed by atoms with E-state index in [9.17, 15) is 4.79 Å². The summed E-state index contributed by atoms with van der Waals surface area (Å²) in [6, 6.07) is 5.53. The first-order valence-electron chi connectivity index (χ1n) is 6.19. The van der Waals surface area contributed by atoms with Gasteiger partial charge in [-0.25, -0.2) is 4.79 Å². The van der Waals surface area contributed by atoms with Crippen LogP contribution in [0.15, 0.2) is 23.1 Å². The van der Waals surface area contributed by atoms with Crippen molar-refractivity contribution in [2.24, 2.45) is 5.92 Å². The average molecular weight is 267 g/mol. The van der Waals surface area contributed by atoms with E-state index in [4.69, 9.17) is 10.5 Å². The Hall–Kier alpha value is -1.16. The highest BCUT2D eigenvalue weighted by molar-refractivity contribution is 8.00. The van der Waals surface area contributed by atoms with E-state index in [1.54, 1.807) is 24.8 Å². The molecule has 0 fully saturated rings. The molecular formula is C14H21NO2S. The normalized spacial score (nSPS) is 12.5. The van der Waals surface area contributed by atoms with E-state index in [1.807, 2.05) is 12.1 Å². The number of anilines is 1. The highest BCUT2D eigenvalue weighted by Gasteiger charge is 2.14. The maximum atomic E-state index is 11.7. The van der Waals surface area contributed by atoms with Gasteiger partial charge in [0.25, 0.3) is 0 Å². The topological polar surface area (TPSA) is 52.3 Å². The zero-order chi connectivity index (χ0) is 13.7. The molecule has 0 saturated carbocycles. The van der Waals surface area contributed by atoms with E-state index in [1.165, 1.54) is 0 Å². The molecule has 1 atom stereocenters. The Morgan fingerprint density at radius 3 is 2.61 bits per heavy atom. The number of esters is 1. The summed E-state index contributed by atoms with van der Waals surface area (Å²) in [5.74, 6) is 0.230. The first-order chi connectivity index (χ1) is 8.45. The van der Waals surface area contributed by atoms with Crippen LogP contribution >= 0.6 is 11.8 Å². The number of rotatable bonds is 5. The fraction of sp³-hybridized carbons (Fsp3) is 0.500. The van der Waals surface area contributed by atoms with Crippen molar-refractivity contribution in [2.75, 3.05) is 12.3 Å². The molecule has 0 bridgehead atoms. The summed E-state index contributed by atoms with van der Waals surface area (Å²) in [7, 11) is 0. The zero-order valence-electron chi connectivity index (χ0n) is 11.4. The van der Waals surface area contributed by atoms with Crippen LogP contribution in [-0.4, -0.2) is 17.8 Å². The van der Waals surface area contributed by atoms with Gasteiger partial charge in [-0.05, 0) is 31.0 Å². The third kappa shape index (κ3) is 3.95. The molecule has 0 saturated heterocycles. The minimum atomic E-state index is -0.352. The summed E-state index contributed by atoms with van der Waals surface area (Å²) in [5, 5.41) is 0.490. The SMILES string of the molecule is CCOC(=O)c1cc(SC(C)C(C)C)ccc1N. The molecule has 4 heteroatoms. The van der Waals surface area contributed by atoms with E-state index in [0.717, 1.165) is 4.90 Å². The van der Waals surface area contributed by atoms with Gasteiger partial charge in [-0.1, -0.05) is 20.8 Å². The molecule has 0 radical (unpaired) electrons. The average Bonchev–Trinajstić information content (AvgIpc) is 2.31. The summed E-state index contributed by atoms with van der Waals surface area (Å²) >= 11 is 1.75. The number of nitrogens with two attached hydrogens (primary N) is 1. The molecule has 1 unspecified atom stereocenters. The van der Waals surface area contributed by atoms with Gasteiger partial charge in [0.2, 0.25) is 0 Å². The zero-order valence-corrected chi connectivity index (χ0v) is 12.2. The maximum absolute atomic E-state index is 11.7. The predicted molar refractivity (Wildman–Crippen MR) is 77.0 cm³/mol. The van der Waals surface area contributed by atoms with Crippen molar-refractivity contribution in [3.63, 3.8) is 0 Å². The molecule has 18 heavy (non-hydrogen) atoms. The first-order valence-corrected chi connectivity index (χ1v) is 7.07. The van der Waals surface area contributed by atoms with Gasteiger partial charge in [-0.15, -0.1) is 11.8 Å². The van der Waals surface area contributed by atoms with E-state index in [0.29, 0.717) is 29.0 Å². The number of benzene rings is 1. The standard InChI is InChI=1S/C14H21NO2S/c1-5-17-14(16)12-8-11(6-7-13(12)15)18-10(4)9(2)3/h6-10H,5,15H2,1-4H3. The van der Waals surface area contributed by atoms with E-state index in [2.05, 4.69) is 20.8 Å². The third-order valence-corrected chi connectivity index (χ3v) is 4.22. The van der Waals surface area contributed by atoms with E-state index < -0.39 is 0 Å². The van der Waals surface area contributed by atoms with Gasteiger partial charge < -0.3 is 10.5 Å². The summed E-state index contributed by atoms with van der Waals surface area (Å²) in [5.41, 5.74) is 6.73. The summed E-state index contributed by atoms with van der Waals surface area (Å²) in [4.78, 5) is 12.8. The Bertz CT molecular complexity index is 418. The van der Waals surface area contributed by atoms with Gasteiger partial charge >= 0.3 is 5.97 Å². The third-order valence-electron chi connectivity index (χ3n) is 2.78. The summed E-state index contributed by atoms with van der Waals surface area (Å²) < 4.78 is 4.99. The second-order valence-corrected chi connectivity index (χ2v) is 5.99. The van der Waals surface area contributed by atoms with Crippen LogP contribution in [0.25, 0.3) is 0 Å². The summed E-state index contributed by atoms with van der Waals surface area (Å²) in [6.07, 6.45) is 0. The second kappa shape index (κ2) is 6.69. The quantitative estimate of drug-likeness (QED) is 0.503. The number of carbonyl (C=O) groups excluding carboxylic acids is 1. The Labute approximate surface area is 113 Å². The molecular weight excluding hydrogens is 246 g/mol. The molecule has 0 aromatic heterocycles. The van der Waals surface area contributed by atoms with Crippen LogP contribution < -0.4 is 5.73 Å². The molecule has 2 N–H and O–H groups in total. The van der Waals surface area contributed by atoms with Crippen molar-refractivity contribution in [3.8, 4) is 0 Å². The Morgan fingerprint density at radius 1 is 1.39 bits per heavy atom. The maximum Gasteiger partial charge on any atom is 0.340 e. The molecule has 3 nitrogen and oxygen atoms in total. The van der Waals surface area contributed by atoms with Crippen LogP contribution in [0.2, 0.25) is 0 Å². The number of hydrogen-bond acceptors (Lipinski definition) is 4. The number of nitrogen functional groups attached to an aromatic ring is 1. The molecule has 0 amide bonds. The highest BCUT2D eigenvalue weighted by atomic mass is 32.2. The highest BCUT2D eigenvalue weighted by Crippen LogP contribution is 2.30. The Morgan fingerprint density at radius 2 is 2.06 bits per heavy atom. The molecule has 100 valence electrons. The molecule has 0 aliphatic heterocycles. The van der Waals surface area contributed by atoms with Gasteiger partial charge in [0.1, 0.15) is 0 Å². The molecule has 1 aromatic carbocycles. The van der Waals surface area contributed by atoms with Crippen LogP contribution in [0.3, 0.4) is 0 Å². The number of carbonyl (C=O) groups is 1. The van der Waals surface area contributed by atoms with Crippen LogP contribution in [0, 0.1) is 5.92 Å².